The molecule has 2 heterocycles. The van der Waals surface area contributed by atoms with E-state index in [-0.39, 0.29) is 18.2 Å². The third-order valence-electron chi connectivity index (χ3n) is 4.54. The molecule has 1 N–H and O–H groups in total. The van der Waals surface area contributed by atoms with Gasteiger partial charge in [0.25, 0.3) is 0 Å². The average Bonchev–Trinajstić information content (AvgIpc) is 3.19. The molecule has 5 heteroatoms. The molecule has 0 unspecified atom stereocenters. The summed E-state index contributed by atoms with van der Waals surface area (Å²) in [5.41, 5.74) is 1.98. The first kappa shape index (κ1) is 17.4. The smallest absolute Gasteiger partial charge is 0.318 e. The number of pyridine rings is 1. The molecule has 2 atom stereocenters. The van der Waals surface area contributed by atoms with Gasteiger partial charge in [-0.05, 0) is 37.5 Å². The van der Waals surface area contributed by atoms with Gasteiger partial charge in [0.2, 0.25) is 0 Å². The second-order valence-corrected chi connectivity index (χ2v) is 6.37. The maximum absolute atomic E-state index is 12.9. The molecule has 0 bridgehead atoms. The molecule has 0 spiro atoms. The van der Waals surface area contributed by atoms with E-state index >= 15 is 0 Å². The number of rotatable bonds is 6. The van der Waals surface area contributed by atoms with E-state index in [4.69, 9.17) is 4.74 Å². The summed E-state index contributed by atoms with van der Waals surface area (Å²) in [6.45, 7) is 3.89. The van der Waals surface area contributed by atoms with Crippen molar-refractivity contribution >= 4 is 6.03 Å². The molecule has 0 aliphatic carbocycles. The van der Waals surface area contributed by atoms with Crippen LogP contribution in [0, 0.1) is 0 Å². The Morgan fingerprint density at radius 3 is 2.76 bits per heavy atom. The van der Waals surface area contributed by atoms with Gasteiger partial charge < -0.3 is 15.0 Å². The SMILES string of the molecule is C[C@@H](c1ccccn1)N(Cc1ccccc1)C(=O)NC[C@@H]1CCCO1. The highest BCUT2D eigenvalue weighted by molar-refractivity contribution is 5.74. The lowest BCUT2D eigenvalue weighted by atomic mass is 10.1. The molecule has 1 aliphatic heterocycles. The number of aromatic nitrogens is 1. The van der Waals surface area contributed by atoms with E-state index < -0.39 is 0 Å². The Kier molecular flexibility index (Phi) is 6.01. The fraction of sp³-hybridized carbons (Fsp3) is 0.400. The van der Waals surface area contributed by atoms with Crippen LogP contribution in [0.1, 0.15) is 37.1 Å². The molecule has 1 fully saturated rings. The second kappa shape index (κ2) is 8.62. The van der Waals surface area contributed by atoms with Crippen molar-refractivity contribution < 1.29 is 9.53 Å². The molecule has 25 heavy (non-hydrogen) atoms. The topological polar surface area (TPSA) is 54.5 Å². The van der Waals surface area contributed by atoms with Gasteiger partial charge in [0, 0.05) is 25.9 Å². The average molecular weight is 339 g/mol. The Labute approximate surface area is 149 Å². The summed E-state index contributed by atoms with van der Waals surface area (Å²) in [6, 6.07) is 15.6. The maximum atomic E-state index is 12.9. The zero-order valence-electron chi connectivity index (χ0n) is 14.6. The van der Waals surface area contributed by atoms with Gasteiger partial charge in [-0.3, -0.25) is 4.98 Å². The van der Waals surface area contributed by atoms with E-state index in [1.165, 1.54) is 0 Å². The first-order valence-electron chi connectivity index (χ1n) is 8.85. The predicted molar refractivity (Wildman–Crippen MR) is 97.0 cm³/mol. The Bertz CT molecular complexity index is 657. The number of hydrogen-bond acceptors (Lipinski definition) is 3. The highest BCUT2D eigenvalue weighted by atomic mass is 16.5. The Hall–Kier alpha value is -2.40. The van der Waals surface area contributed by atoms with Crippen molar-refractivity contribution in [2.75, 3.05) is 13.2 Å². The Morgan fingerprint density at radius 1 is 1.28 bits per heavy atom. The van der Waals surface area contributed by atoms with Crippen molar-refractivity contribution in [3.05, 3.63) is 66.0 Å². The van der Waals surface area contributed by atoms with Crippen LogP contribution >= 0.6 is 0 Å². The fourth-order valence-electron chi connectivity index (χ4n) is 3.06. The second-order valence-electron chi connectivity index (χ2n) is 6.37. The maximum Gasteiger partial charge on any atom is 0.318 e. The summed E-state index contributed by atoms with van der Waals surface area (Å²) in [5.74, 6) is 0. The van der Waals surface area contributed by atoms with E-state index in [9.17, 15) is 4.79 Å². The summed E-state index contributed by atoms with van der Waals surface area (Å²) in [5, 5.41) is 3.03. The van der Waals surface area contributed by atoms with Crippen molar-refractivity contribution in [2.45, 2.75) is 38.5 Å². The van der Waals surface area contributed by atoms with Gasteiger partial charge in [0.1, 0.15) is 0 Å². The number of ether oxygens (including phenoxy) is 1. The lowest BCUT2D eigenvalue weighted by molar-refractivity contribution is 0.107. The van der Waals surface area contributed by atoms with Gasteiger partial charge >= 0.3 is 6.03 Å². The van der Waals surface area contributed by atoms with Crippen LogP contribution in [0.2, 0.25) is 0 Å². The van der Waals surface area contributed by atoms with Gasteiger partial charge in [-0.1, -0.05) is 36.4 Å². The number of nitrogens with zero attached hydrogens (tertiary/aromatic N) is 2. The van der Waals surface area contributed by atoms with Crippen LogP contribution in [0.5, 0.6) is 0 Å². The largest absolute Gasteiger partial charge is 0.376 e. The van der Waals surface area contributed by atoms with E-state index in [1.807, 2.05) is 60.4 Å². The summed E-state index contributed by atoms with van der Waals surface area (Å²) in [4.78, 5) is 19.1. The summed E-state index contributed by atoms with van der Waals surface area (Å²) in [7, 11) is 0. The number of benzene rings is 1. The van der Waals surface area contributed by atoms with Crippen molar-refractivity contribution in [3.8, 4) is 0 Å². The molecule has 2 amide bonds. The summed E-state index contributed by atoms with van der Waals surface area (Å²) >= 11 is 0. The fourth-order valence-corrected chi connectivity index (χ4v) is 3.06. The number of urea groups is 1. The monoisotopic (exact) mass is 339 g/mol. The molecule has 1 aliphatic rings. The molecule has 0 radical (unpaired) electrons. The van der Waals surface area contributed by atoms with Crippen LogP contribution in [0.4, 0.5) is 4.79 Å². The molecular weight excluding hydrogens is 314 g/mol. The van der Waals surface area contributed by atoms with Crippen LogP contribution in [0.15, 0.2) is 54.7 Å². The lowest BCUT2D eigenvalue weighted by Crippen LogP contribution is -2.43. The van der Waals surface area contributed by atoms with Crippen LogP contribution < -0.4 is 5.32 Å². The van der Waals surface area contributed by atoms with Crippen molar-refractivity contribution in [2.24, 2.45) is 0 Å². The Balaban J connectivity index is 1.71. The summed E-state index contributed by atoms with van der Waals surface area (Å²) in [6.07, 6.45) is 3.97. The molecule has 5 nitrogen and oxygen atoms in total. The number of carbonyl (C=O) groups excluding carboxylic acids is 1. The normalized spacial score (nSPS) is 17.9. The van der Waals surface area contributed by atoms with Crippen molar-refractivity contribution in [3.63, 3.8) is 0 Å². The van der Waals surface area contributed by atoms with E-state index in [1.54, 1.807) is 6.20 Å². The molecule has 1 saturated heterocycles. The molecule has 0 saturated carbocycles. The van der Waals surface area contributed by atoms with Crippen LogP contribution in [0.3, 0.4) is 0 Å². The quantitative estimate of drug-likeness (QED) is 0.876. The third kappa shape index (κ3) is 4.79. The van der Waals surface area contributed by atoms with Gasteiger partial charge in [-0.15, -0.1) is 0 Å². The minimum absolute atomic E-state index is 0.0856. The predicted octanol–water partition coefficient (Wildman–Crippen LogP) is 3.53. The standard InChI is InChI=1S/C20H25N3O2/c1-16(19-11-5-6-12-21-19)23(15-17-8-3-2-4-9-17)20(24)22-14-18-10-7-13-25-18/h2-6,8-9,11-12,16,18H,7,10,13-15H2,1H3,(H,22,24)/t16-,18-/m0/s1. The number of carbonyl (C=O) groups is 1. The molecule has 132 valence electrons. The zero-order chi connectivity index (χ0) is 17.5. The third-order valence-corrected chi connectivity index (χ3v) is 4.54. The van der Waals surface area contributed by atoms with Gasteiger partial charge in [0.15, 0.2) is 0 Å². The van der Waals surface area contributed by atoms with Gasteiger partial charge in [0.05, 0.1) is 17.8 Å². The van der Waals surface area contributed by atoms with Crippen LogP contribution in [0.25, 0.3) is 0 Å². The molecule has 1 aromatic heterocycles. The Morgan fingerprint density at radius 2 is 2.08 bits per heavy atom. The van der Waals surface area contributed by atoms with Crippen molar-refractivity contribution in [1.82, 2.24) is 15.2 Å². The molecular formula is C20H25N3O2. The number of nitrogens with one attached hydrogen (secondary N) is 1. The number of amides is 2. The minimum atomic E-state index is -0.120. The number of hydrogen-bond donors (Lipinski definition) is 1. The van der Waals surface area contributed by atoms with Gasteiger partial charge in [-0.2, -0.15) is 0 Å². The molecule has 3 rings (SSSR count). The van der Waals surface area contributed by atoms with E-state index in [2.05, 4.69) is 10.3 Å². The van der Waals surface area contributed by atoms with Crippen molar-refractivity contribution in [1.29, 1.82) is 0 Å². The van der Waals surface area contributed by atoms with Gasteiger partial charge in [-0.25, -0.2) is 4.79 Å². The van der Waals surface area contributed by atoms with E-state index in [0.29, 0.717) is 13.1 Å². The summed E-state index contributed by atoms with van der Waals surface area (Å²) < 4.78 is 5.60. The molecule has 2 aromatic rings. The highest BCUT2D eigenvalue weighted by Crippen LogP contribution is 2.21. The van der Waals surface area contributed by atoms with Crippen LogP contribution in [-0.2, 0) is 11.3 Å². The first-order valence-corrected chi connectivity index (χ1v) is 8.85. The first-order chi connectivity index (χ1) is 12.2. The lowest BCUT2D eigenvalue weighted by Gasteiger charge is -2.29. The minimum Gasteiger partial charge on any atom is -0.376 e. The molecule has 1 aromatic carbocycles. The van der Waals surface area contributed by atoms with Crippen LogP contribution in [-0.4, -0.2) is 35.2 Å². The zero-order valence-corrected chi connectivity index (χ0v) is 14.6. The highest BCUT2D eigenvalue weighted by Gasteiger charge is 2.24. The van der Waals surface area contributed by atoms with E-state index in [0.717, 1.165) is 30.7 Å².